The molecule has 3 fully saturated rings. The van der Waals surface area contributed by atoms with Gasteiger partial charge in [-0.1, -0.05) is 6.42 Å². The van der Waals surface area contributed by atoms with Crippen LogP contribution in [-0.2, 0) is 7.05 Å². The van der Waals surface area contributed by atoms with Crippen molar-refractivity contribution < 1.29 is 4.79 Å². The van der Waals surface area contributed by atoms with Gasteiger partial charge in [-0.05, 0) is 62.3 Å². The number of fused-ring (bicyclic) bond motifs is 6. The van der Waals surface area contributed by atoms with Gasteiger partial charge in [0.1, 0.15) is 4.83 Å². The third-order valence-electron chi connectivity index (χ3n) is 6.67. The zero-order valence-corrected chi connectivity index (χ0v) is 14.5. The molecule has 1 amide bonds. The van der Waals surface area contributed by atoms with Gasteiger partial charge in [0, 0.05) is 18.5 Å². The molecule has 3 saturated carbocycles. The van der Waals surface area contributed by atoms with E-state index in [1.807, 2.05) is 24.7 Å². The zero-order valence-electron chi connectivity index (χ0n) is 13.7. The zero-order chi connectivity index (χ0) is 15.7. The third-order valence-corrected chi connectivity index (χ3v) is 7.87. The molecule has 5 rings (SSSR count). The fraction of sp³-hybridized carbons (Fsp3) is 0.667. The second kappa shape index (κ2) is 4.82. The summed E-state index contributed by atoms with van der Waals surface area (Å²) >= 11 is 1.56. The summed E-state index contributed by atoms with van der Waals surface area (Å²) in [6, 6.07) is 2.43. The van der Waals surface area contributed by atoms with Crippen molar-refractivity contribution in [3.63, 3.8) is 0 Å². The van der Waals surface area contributed by atoms with E-state index in [1.54, 1.807) is 11.3 Å². The van der Waals surface area contributed by atoms with Crippen molar-refractivity contribution in [2.24, 2.45) is 30.7 Å². The molecule has 1 N–H and O–H groups in total. The number of hydrogen-bond donors (Lipinski definition) is 1. The molecule has 0 aromatic carbocycles. The first-order chi connectivity index (χ1) is 11.1. The predicted molar refractivity (Wildman–Crippen MR) is 91.6 cm³/mol. The SMILES string of the molecule is Cc1nn(C)c2sc(C(=O)N[C@@H]3C[C@H]4C[C@H]3[C@H]3CCC[C@H]43)cc12. The minimum Gasteiger partial charge on any atom is -0.348 e. The number of amides is 1. The van der Waals surface area contributed by atoms with Crippen LogP contribution in [0, 0.1) is 30.6 Å². The highest BCUT2D eigenvalue weighted by atomic mass is 32.1. The van der Waals surface area contributed by atoms with Crippen LogP contribution in [0.2, 0.25) is 0 Å². The van der Waals surface area contributed by atoms with Gasteiger partial charge >= 0.3 is 0 Å². The van der Waals surface area contributed by atoms with Crippen molar-refractivity contribution in [3.8, 4) is 0 Å². The lowest BCUT2D eigenvalue weighted by atomic mass is 9.79. The molecule has 5 atom stereocenters. The highest BCUT2D eigenvalue weighted by molar-refractivity contribution is 7.20. The molecular formula is C18H23N3OS. The summed E-state index contributed by atoms with van der Waals surface area (Å²) in [5.41, 5.74) is 1.01. The van der Waals surface area contributed by atoms with E-state index in [9.17, 15) is 4.79 Å². The van der Waals surface area contributed by atoms with Crippen molar-refractivity contribution in [1.29, 1.82) is 0 Å². The van der Waals surface area contributed by atoms with Gasteiger partial charge in [-0.3, -0.25) is 9.48 Å². The molecule has 2 bridgehead atoms. The Balaban J connectivity index is 1.36. The summed E-state index contributed by atoms with van der Waals surface area (Å²) in [6.07, 6.45) is 6.81. The molecule has 0 spiro atoms. The Labute approximate surface area is 140 Å². The van der Waals surface area contributed by atoms with E-state index in [-0.39, 0.29) is 5.91 Å². The maximum absolute atomic E-state index is 12.7. The molecule has 4 nitrogen and oxygen atoms in total. The molecular weight excluding hydrogens is 306 g/mol. The molecule has 2 heterocycles. The largest absolute Gasteiger partial charge is 0.348 e. The standard InChI is InChI=1S/C18H23N3OS/c1-9-13-8-16(23-18(13)21(2)20-9)17(22)19-15-7-10-6-14(15)12-5-3-4-11(10)12/h8,10-12,14-15H,3-7H2,1-2H3,(H,19,22)/t10-,11-,12+,14+,15-/m1/s1. The molecule has 2 aromatic rings. The second-order valence-corrected chi connectivity index (χ2v) is 8.80. The van der Waals surface area contributed by atoms with Gasteiger partial charge in [0.05, 0.1) is 10.6 Å². The monoisotopic (exact) mass is 329 g/mol. The number of carbonyl (C=O) groups is 1. The number of aryl methyl sites for hydroxylation is 2. The number of hydrogen-bond acceptors (Lipinski definition) is 3. The van der Waals surface area contributed by atoms with E-state index in [4.69, 9.17) is 0 Å². The van der Waals surface area contributed by atoms with Gasteiger partial charge in [0.25, 0.3) is 5.91 Å². The van der Waals surface area contributed by atoms with Crippen LogP contribution >= 0.6 is 11.3 Å². The van der Waals surface area contributed by atoms with E-state index >= 15 is 0 Å². The van der Waals surface area contributed by atoms with Crippen LogP contribution in [0.15, 0.2) is 6.07 Å². The molecule has 5 heteroatoms. The van der Waals surface area contributed by atoms with Crippen molar-refractivity contribution >= 4 is 27.5 Å². The first-order valence-electron chi connectivity index (χ1n) is 8.86. The van der Waals surface area contributed by atoms with Gasteiger partial charge in [-0.2, -0.15) is 5.10 Å². The van der Waals surface area contributed by atoms with Crippen molar-refractivity contribution in [3.05, 3.63) is 16.6 Å². The van der Waals surface area contributed by atoms with Crippen LogP contribution in [0.25, 0.3) is 10.2 Å². The lowest BCUT2D eigenvalue weighted by Crippen LogP contribution is -2.42. The first-order valence-corrected chi connectivity index (χ1v) is 9.67. The molecule has 0 aliphatic heterocycles. The molecule has 0 radical (unpaired) electrons. The van der Waals surface area contributed by atoms with Gasteiger partial charge in [-0.25, -0.2) is 0 Å². The van der Waals surface area contributed by atoms with Crippen molar-refractivity contribution in [2.75, 3.05) is 0 Å². The molecule has 0 unspecified atom stereocenters. The normalized spacial score (nSPS) is 35.1. The van der Waals surface area contributed by atoms with E-state index in [2.05, 4.69) is 10.4 Å². The fourth-order valence-electron chi connectivity index (χ4n) is 5.79. The Bertz CT molecular complexity index is 757. The molecule has 3 aliphatic rings. The van der Waals surface area contributed by atoms with Crippen LogP contribution in [-0.4, -0.2) is 21.7 Å². The first kappa shape index (κ1) is 14.0. The van der Waals surface area contributed by atoms with E-state index < -0.39 is 0 Å². The quantitative estimate of drug-likeness (QED) is 0.916. The van der Waals surface area contributed by atoms with Crippen LogP contribution in [0.4, 0.5) is 0 Å². The van der Waals surface area contributed by atoms with Gasteiger partial charge in [0.2, 0.25) is 0 Å². The Morgan fingerprint density at radius 2 is 2.13 bits per heavy atom. The fourth-order valence-corrected chi connectivity index (χ4v) is 6.82. The van der Waals surface area contributed by atoms with E-state index in [1.165, 1.54) is 32.1 Å². The molecule has 3 aliphatic carbocycles. The molecule has 122 valence electrons. The Morgan fingerprint density at radius 3 is 2.96 bits per heavy atom. The third kappa shape index (κ3) is 1.95. The number of carbonyl (C=O) groups excluding carboxylic acids is 1. The van der Waals surface area contributed by atoms with E-state index in [0.717, 1.165) is 44.5 Å². The van der Waals surface area contributed by atoms with Gasteiger partial charge in [0.15, 0.2) is 0 Å². The molecule has 0 saturated heterocycles. The minimum atomic E-state index is 0.123. The number of aromatic nitrogens is 2. The van der Waals surface area contributed by atoms with Gasteiger partial charge in [-0.15, -0.1) is 11.3 Å². The number of nitrogens with one attached hydrogen (secondary N) is 1. The summed E-state index contributed by atoms with van der Waals surface area (Å²) in [7, 11) is 1.95. The van der Waals surface area contributed by atoms with Crippen molar-refractivity contribution in [2.45, 2.75) is 45.1 Å². The summed E-state index contributed by atoms with van der Waals surface area (Å²) in [6.45, 7) is 2.01. The summed E-state index contributed by atoms with van der Waals surface area (Å²) in [5, 5.41) is 8.90. The van der Waals surface area contributed by atoms with Gasteiger partial charge < -0.3 is 5.32 Å². The Hall–Kier alpha value is -1.36. The predicted octanol–water partition coefficient (Wildman–Crippen LogP) is 3.50. The average molecular weight is 329 g/mol. The summed E-state index contributed by atoms with van der Waals surface area (Å²) in [5.74, 6) is 3.62. The maximum atomic E-state index is 12.7. The lowest BCUT2D eigenvalue weighted by molar-refractivity contribution is 0.0905. The smallest absolute Gasteiger partial charge is 0.261 e. The van der Waals surface area contributed by atoms with Crippen molar-refractivity contribution in [1.82, 2.24) is 15.1 Å². The number of rotatable bonds is 2. The van der Waals surface area contributed by atoms with Crippen LogP contribution in [0.5, 0.6) is 0 Å². The summed E-state index contributed by atoms with van der Waals surface area (Å²) < 4.78 is 1.88. The highest BCUT2D eigenvalue weighted by Crippen LogP contribution is 2.58. The average Bonchev–Trinajstić information content (AvgIpc) is 3.27. The van der Waals surface area contributed by atoms with E-state index in [0.29, 0.717) is 6.04 Å². The Kier molecular flexibility index (Phi) is 2.94. The minimum absolute atomic E-state index is 0.123. The topological polar surface area (TPSA) is 46.9 Å². The Morgan fingerprint density at radius 1 is 1.30 bits per heavy atom. The highest BCUT2D eigenvalue weighted by Gasteiger charge is 2.54. The van der Waals surface area contributed by atoms with Crippen LogP contribution in [0.1, 0.15) is 47.5 Å². The number of nitrogens with zero attached hydrogens (tertiary/aromatic N) is 2. The lowest BCUT2D eigenvalue weighted by Gasteiger charge is -2.31. The molecule has 23 heavy (non-hydrogen) atoms. The van der Waals surface area contributed by atoms with Crippen LogP contribution < -0.4 is 5.32 Å². The maximum Gasteiger partial charge on any atom is 0.261 e. The number of thiophene rings is 1. The van der Waals surface area contributed by atoms with Crippen LogP contribution in [0.3, 0.4) is 0 Å². The molecule has 2 aromatic heterocycles. The summed E-state index contributed by atoms with van der Waals surface area (Å²) in [4.78, 5) is 14.7. The second-order valence-electron chi connectivity index (χ2n) is 7.77.